The number of hydrazone groups is 1. The van der Waals surface area contributed by atoms with Crippen molar-refractivity contribution in [3.05, 3.63) is 65.5 Å². The Morgan fingerprint density at radius 1 is 1.31 bits per heavy atom. The van der Waals surface area contributed by atoms with E-state index in [9.17, 15) is 24.3 Å². The highest BCUT2D eigenvalue weighted by atomic mass is 16.4. The molecule has 3 rings (SSSR count). The first-order valence-electron chi connectivity index (χ1n) is 9.61. The maximum Gasteiger partial charge on any atom is 0.344 e. The van der Waals surface area contributed by atoms with Crippen molar-refractivity contribution in [1.82, 2.24) is 20.3 Å². The van der Waals surface area contributed by atoms with Crippen LogP contribution < -0.4 is 11.2 Å². The van der Waals surface area contributed by atoms with E-state index >= 15 is 0 Å². The number of hydrogen-bond acceptors (Lipinski definition) is 7. The third kappa shape index (κ3) is 4.13. The second kappa shape index (κ2) is 8.84. The quantitative estimate of drug-likeness (QED) is 0.253. The van der Waals surface area contributed by atoms with Gasteiger partial charge in [0.05, 0.1) is 18.7 Å². The number of pyridine rings is 1. The minimum Gasteiger partial charge on any atom is -0.481 e. The molecule has 32 heavy (non-hydrogen) atoms. The molecule has 0 spiro atoms. The molecule has 1 aromatic carbocycles. The fraction of sp³-hybridized carbons (Fsp3) is 0.238. The molecule has 4 N–H and O–H groups in total. The number of imide groups is 1. The molecular weight excluding hydrogens is 416 g/mol. The van der Waals surface area contributed by atoms with Gasteiger partial charge in [0.2, 0.25) is 5.91 Å². The number of nitrogens with one attached hydrogen (secondary N) is 1. The van der Waals surface area contributed by atoms with Gasteiger partial charge in [-0.2, -0.15) is 10.1 Å². The molecule has 2 atom stereocenters. The molecule has 0 saturated carbocycles. The molecule has 0 radical (unpaired) electrons. The number of rotatable bonds is 7. The Morgan fingerprint density at radius 3 is 2.53 bits per heavy atom. The summed E-state index contributed by atoms with van der Waals surface area (Å²) in [6.07, 6.45) is 3.77. The van der Waals surface area contributed by atoms with Crippen molar-refractivity contribution >= 4 is 30.0 Å². The molecule has 2 aromatic rings. The van der Waals surface area contributed by atoms with E-state index in [2.05, 4.69) is 15.4 Å². The first-order valence-corrected chi connectivity index (χ1v) is 9.61. The van der Waals surface area contributed by atoms with Crippen molar-refractivity contribution in [2.75, 3.05) is 0 Å². The molecule has 11 heteroatoms. The summed E-state index contributed by atoms with van der Waals surface area (Å²) in [4.78, 5) is 54.5. The molecule has 4 amide bonds. The largest absolute Gasteiger partial charge is 0.481 e. The summed E-state index contributed by atoms with van der Waals surface area (Å²) in [7, 11) is 0. The third-order valence-corrected chi connectivity index (χ3v) is 5.15. The Balaban J connectivity index is 2.03. The average molecular weight is 438 g/mol. The van der Waals surface area contributed by atoms with E-state index < -0.39 is 41.8 Å². The summed E-state index contributed by atoms with van der Waals surface area (Å²) in [5.74, 6) is 2.53. The topological polar surface area (TPSA) is 158 Å². The number of hydrazine groups is 1. The van der Waals surface area contributed by atoms with Crippen molar-refractivity contribution < 1.29 is 24.3 Å². The minimum atomic E-state index is -1.48. The van der Waals surface area contributed by atoms with E-state index in [1.165, 1.54) is 25.5 Å². The van der Waals surface area contributed by atoms with Gasteiger partial charge in [0, 0.05) is 19.3 Å². The number of nitrogens with two attached hydrogens (primary N) is 1. The zero-order chi connectivity index (χ0) is 23.5. The summed E-state index contributed by atoms with van der Waals surface area (Å²) < 4.78 is 0. The van der Waals surface area contributed by atoms with Crippen molar-refractivity contribution in [3.63, 3.8) is 0 Å². The monoisotopic (exact) mass is 438 g/mol. The maximum atomic E-state index is 13.5. The predicted molar refractivity (Wildman–Crippen MR) is 113 cm³/mol. The number of urea groups is 1. The molecule has 0 bridgehead atoms. The van der Waals surface area contributed by atoms with Crippen LogP contribution in [0.3, 0.4) is 0 Å². The van der Waals surface area contributed by atoms with Gasteiger partial charge >= 0.3 is 12.0 Å². The fourth-order valence-corrected chi connectivity index (χ4v) is 3.59. The Bertz CT molecular complexity index is 1070. The van der Waals surface area contributed by atoms with E-state index in [0.717, 1.165) is 11.9 Å². The predicted octanol–water partition coefficient (Wildman–Crippen LogP) is 1.12. The number of carbonyl (C=O) groups excluding carboxylic acids is 3. The molecule has 1 aromatic heterocycles. The van der Waals surface area contributed by atoms with Gasteiger partial charge in [-0.1, -0.05) is 30.3 Å². The lowest BCUT2D eigenvalue weighted by Gasteiger charge is -2.35. The Labute approximate surface area is 183 Å². The summed E-state index contributed by atoms with van der Waals surface area (Å²) in [5, 5.41) is 17.0. The summed E-state index contributed by atoms with van der Waals surface area (Å²) in [5.41, 5.74) is 0.0418. The highest BCUT2D eigenvalue weighted by Crippen LogP contribution is 2.34. The Kier molecular flexibility index (Phi) is 6.19. The van der Waals surface area contributed by atoms with Gasteiger partial charge in [-0.25, -0.2) is 9.80 Å². The maximum absolute atomic E-state index is 13.5. The number of carboxylic acid groups (broad SMARTS) is 1. The Morgan fingerprint density at radius 2 is 2.00 bits per heavy atom. The number of aliphatic carboxylic acids is 1. The lowest BCUT2D eigenvalue weighted by molar-refractivity contribution is -0.162. The third-order valence-electron chi connectivity index (χ3n) is 5.15. The van der Waals surface area contributed by atoms with Crippen LogP contribution in [0.1, 0.15) is 43.0 Å². The number of hydrogen-bond donors (Lipinski definition) is 3. The van der Waals surface area contributed by atoms with Crippen molar-refractivity contribution in [2.24, 2.45) is 10.9 Å². The van der Waals surface area contributed by atoms with E-state index in [-0.39, 0.29) is 0 Å². The summed E-state index contributed by atoms with van der Waals surface area (Å²) >= 11 is 0. The standard InChI is InChI=1S/C21H22N6O5/c1-13(28)26(17(10-18(29)30)15-4-3-9-23-12-15)27-19(31)21(2,25-20(27)32)16-7-5-14(6-8-16)11-24-22/h3-9,11-12,17H,10,22H2,1-2H3,(H,25,32)(H,29,30)/t17-,21-/m1/s1. The molecule has 0 aliphatic carbocycles. The van der Waals surface area contributed by atoms with E-state index in [0.29, 0.717) is 21.7 Å². The van der Waals surface area contributed by atoms with E-state index in [1.54, 1.807) is 36.4 Å². The first-order chi connectivity index (χ1) is 15.2. The molecule has 0 unspecified atom stereocenters. The summed E-state index contributed by atoms with van der Waals surface area (Å²) in [6, 6.07) is 7.78. The smallest absolute Gasteiger partial charge is 0.344 e. The van der Waals surface area contributed by atoms with Gasteiger partial charge in [-0.3, -0.25) is 19.4 Å². The highest BCUT2D eigenvalue weighted by Gasteiger charge is 2.53. The SMILES string of the molecule is CC(=O)N([C@H](CC(=O)O)c1cccnc1)N1C(=O)N[C@](C)(c2ccc(C=NN)cc2)C1=O. The van der Waals surface area contributed by atoms with Gasteiger partial charge in [0.25, 0.3) is 5.91 Å². The normalized spacial score (nSPS) is 19.1. The number of benzene rings is 1. The number of amides is 4. The van der Waals surface area contributed by atoms with Crippen LogP contribution in [-0.2, 0) is 19.9 Å². The van der Waals surface area contributed by atoms with Gasteiger partial charge < -0.3 is 16.3 Å². The zero-order valence-electron chi connectivity index (χ0n) is 17.4. The van der Waals surface area contributed by atoms with Gasteiger partial charge in [-0.05, 0) is 29.7 Å². The number of nitrogens with zero attached hydrogens (tertiary/aromatic N) is 4. The second-order valence-corrected chi connectivity index (χ2v) is 7.34. The van der Waals surface area contributed by atoms with Gasteiger partial charge in [0.15, 0.2) is 0 Å². The van der Waals surface area contributed by atoms with Crippen molar-refractivity contribution in [3.8, 4) is 0 Å². The highest BCUT2D eigenvalue weighted by molar-refractivity contribution is 6.08. The van der Waals surface area contributed by atoms with Crippen LogP contribution in [0.5, 0.6) is 0 Å². The molecule has 166 valence electrons. The molecule has 1 fully saturated rings. The van der Waals surface area contributed by atoms with E-state index in [1.807, 2.05) is 0 Å². The lowest BCUT2D eigenvalue weighted by atomic mass is 9.91. The lowest BCUT2D eigenvalue weighted by Crippen LogP contribution is -2.52. The van der Waals surface area contributed by atoms with Crippen LogP contribution in [0.15, 0.2) is 53.9 Å². The van der Waals surface area contributed by atoms with Crippen LogP contribution in [-0.4, -0.2) is 50.1 Å². The average Bonchev–Trinajstić information content (AvgIpc) is 2.98. The van der Waals surface area contributed by atoms with Crippen LogP contribution in [0.2, 0.25) is 0 Å². The summed E-state index contributed by atoms with van der Waals surface area (Å²) in [6.45, 7) is 2.66. The van der Waals surface area contributed by atoms with E-state index in [4.69, 9.17) is 5.84 Å². The number of carbonyl (C=O) groups is 4. The van der Waals surface area contributed by atoms with Gasteiger partial charge in [0.1, 0.15) is 5.54 Å². The molecule has 1 saturated heterocycles. The molecule has 1 aliphatic rings. The van der Waals surface area contributed by atoms with Crippen LogP contribution in [0.4, 0.5) is 4.79 Å². The number of aromatic nitrogens is 1. The first kappa shape index (κ1) is 22.4. The van der Waals surface area contributed by atoms with Crippen LogP contribution in [0.25, 0.3) is 0 Å². The minimum absolute atomic E-state index is 0.365. The second-order valence-electron chi connectivity index (χ2n) is 7.34. The van der Waals surface area contributed by atoms with Crippen LogP contribution in [0, 0.1) is 0 Å². The Hall–Kier alpha value is -4.28. The van der Waals surface area contributed by atoms with Crippen LogP contribution >= 0.6 is 0 Å². The number of carboxylic acids is 1. The van der Waals surface area contributed by atoms with Crippen molar-refractivity contribution in [1.29, 1.82) is 0 Å². The molecule has 11 nitrogen and oxygen atoms in total. The zero-order valence-corrected chi connectivity index (χ0v) is 17.4. The van der Waals surface area contributed by atoms with Crippen molar-refractivity contribution in [2.45, 2.75) is 31.8 Å². The van der Waals surface area contributed by atoms with Gasteiger partial charge in [-0.15, -0.1) is 0 Å². The fourth-order valence-electron chi connectivity index (χ4n) is 3.59. The molecule has 2 heterocycles. The molecule has 1 aliphatic heterocycles. The molecular formula is C21H22N6O5.